The van der Waals surface area contributed by atoms with Crippen molar-refractivity contribution in [3.63, 3.8) is 0 Å². The highest BCUT2D eigenvalue weighted by molar-refractivity contribution is 6.39. The second-order valence-electron chi connectivity index (χ2n) is 7.08. The van der Waals surface area contributed by atoms with E-state index < -0.39 is 11.8 Å². The normalized spacial score (nSPS) is 16.1. The molecule has 2 aliphatic rings. The van der Waals surface area contributed by atoms with E-state index in [1.807, 2.05) is 37.3 Å². The van der Waals surface area contributed by atoms with Crippen LogP contribution in [0.4, 0.5) is 5.69 Å². The number of nitrogens with one attached hydrogen (secondary N) is 1. The van der Waals surface area contributed by atoms with Crippen LogP contribution in [0.15, 0.2) is 42.5 Å². The van der Waals surface area contributed by atoms with Crippen molar-refractivity contribution < 1.29 is 19.1 Å². The second kappa shape index (κ2) is 7.90. The molecule has 0 spiro atoms. The molecule has 0 bridgehead atoms. The van der Waals surface area contributed by atoms with Gasteiger partial charge < -0.3 is 19.7 Å². The molecule has 0 aromatic heterocycles. The average molecular weight is 381 g/mol. The van der Waals surface area contributed by atoms with E-state index in [1.54, 1.807) is 17.0 Å². The van der Waals surface area contributed by atoms with Crippen LogP contribution >= 0.6 is 0 Å². The first-order chi connectivity index (χ1) is 13.6. The van der Waals surface area contributed by atoms with E-state index in [-0.39, 0.29) is 6.79 Å². The summed E-state index contributed by atoms with van der Waals surface area (Å²) < 4.78 is 10.8. The molecule has 0 unspecified atom stereocenters. The molecule has 2 amide bonds. The van der Waals surface area contributed by atoms with Crippen molar-refractivity contribution in [1.29, 1.82) is 0 Å². The Morgan fingerprint density at radius 1 is 0.964 bits per heavy atom. The van der Waals surface area contributed by atoms with E-state index in [9.17, 15) is 9.59 Å². The molecule has 7 heteroatoms. The highest BCUT2D eigenvalue weighted by Crippen LogP contribution is 2.32. The van der Waals surface area contributed by atoms with Crippen LogP contribution in [0.2, 0.25) is 0 Å². The van der Waals surface area contributed by atoms with Crippen LogP contribution in [0.1, 0.15) is 11.1 Å². The fourth-order valence-corrected chi connectivity index (χ4v) is 3.37. The Bertz CT molecular complexity index is 874. The number of rotatable bonds is 3. The first-order valence-corrected chi connectivity index (χ1v) is 9.36. The van der Waals surface area contributed by atoms with Gasteiger partial charge in [0.05, 0.1) is 0 Å². The van der Waals surface area contributed by atoms with Gasteiger partial charge in [-0.15, -0.1) is 0 Å². The van der Waals surface area contributed by atoms with Gasteiger partial charge in [0.1, 0.15) is 0 Å². The quantitative estimate of drug-likeness (QED) is 0.824. The average Bonchev–Trinajstić information content (AvgIpc) is 3.17. The molecule has 4 rings (SSSR count). The third kappa shape index (κ3) is 4.09. The Balaban J connectivity index is 1.28. The summed E-state index contributed by atoms with van der Waals surface area (Å²) in [6.45, 7) is 5.52. The van der Waals surface area contributed by atoms with E-state index in [2.05, 4.69) is 10.2 Å². The monoisotopic (exact) mass is 381 g/mol. The molecule has 2 aliphatic heterocycles. The molecule has 0 aliphatic carbocycles. The number of anilines is 1. The molecule has 1 fully saturated rings. The topological polar surface area (TPSA) is 71.1 Å². The van der Waals surface area contributed by atoms with Crippen LogP contribution in [0.3, 0.4) is 0 Å². The molecule has 2 aromatic rings. The molecular weight excluding hydrogens is 358 g/mol. The van der Waals surface area contributed by atoms with Crippen molar-refractivity contribution in [2.45, 2.75) is 13.5 Å². The number of carbonyl (C=O) groups is 2. The fourth-order valence-electron chi connectivity index (χ4n) is 3.37. The molecule has 2 heterocycles. The smallest absolute Gasteiger partial charge is 0.313 e. The standard InChI is InChI=1S/C21H23N3O4/c1-15-2-5-17(6-3-15)22-20(25)21(26)24-10-8-23(9-11-24)13-16-4-7-18-19(12-16)28-14-27-18/h2-7,12H,8-11,13-14H2,1H3,(H,22,25). The van der Waals surface area contributed by atoms with Gasteiger partial charge in [0, 0.05) is 38.4 Å². The molecule has 146 valence electrons. The first kappa shape index (κ1) is 18.3. The zero-order chi connectivity index (χ0) is 19.5. The first-order valence-electron chi connectivity index (χ1n) is 9.36. The van der Waals surface area contributed by atoms with Gasteiger partial charge in [-0.05, 0) is 36.8 Å². The minimum absolute atomic E-state index is 0.268. The number of amides is 2. The summed E-state index contributed by atoms with van der Waals surface area (Å²) in [7, 11) is 0. The van der Waals surface area contributed by atoms with Gasteiger partial charge >= 0.3 is 11.8 Å². The third-order valence-corrected chi connectivity index (χ3v) is 5.01. The number of benzene rings is 2. The number of piperazine rings is 1. The Morgan fingerprint density at radius 2 is 1.68 bits per heavy atom. The number of hydrogen-bond donors (Lipinski definition) is 1. The molecule has 1 saturated heterocycles. The summed E-state index contributed by atoms with van der Waals surface area (Å²) in [5.41, 5.74) is 2.87. The summed E-state index contributed by atoms with van der Waals surface area (Å²) in [6.07, 6.45) is 0. The van der Waals surface area contributed by atoms with Gasteiger partial charge in [-0.3, -0.25) is 14.5 Å². The molecule has 0 saturated carbocycles. The molecule has 0 radical (unpaired) electrons. The van der Waals surface area contributed by atoms with Crippen molar-refractivity contribution in [1.82, 2.24) is 9.80 Å². The van der Waals surface area contributed by atoms with E-state index >= 15 is 0 Å². The van der Waals surface area contributed by atoms with Crippen LogP contribution in [0.25, 0.3) is 0 Å². The number of hydrogen-bond acceptors (Lipinski definition) is 5. The predicted octanol–water partition coefficient (Wildman–Crippen LogP) is 2.01. The Labute approximate surface area is 163 Å². The summed E-state index contributed by atoms with van der Waals surface area (Å²) in [6, 6.07) is 13.3. The van der Waals surface area contributed by atoms with E-state index in [0.29, 0.717) is 18.8 Å². The predicted molar refractivity (Wildman–Crippen MR) is 104 cm³/mol. The van der Waals surface area contributed by atoms with Gasteiger partial charge in [0.15, 0.2) is 11.5 Å². The minimum atomic E-state index is -0.590. The zero-order valence-electron chi connectivity index (χ0n) is 15.8. The van der Waals surface area contributed by atoms with Gasteiger partial charge in [-0.2, -0.15) is 0 Å². The van der Waals surface area contributed by atoms with Crippen LogP contribution in [-0.2, 0) is 16.1 Å². The lowest BCUT2D eigenvalue weighted by Gasteiger charge is -2.34. The van der Waals surface area contributed by atoms with Crippen molar-refractivity contribution >= 4 is 17.5 Å². The second-order valence-corrected chi connectivity index (χ2v) is 7.08. The molecule has 0 atom stereocenters. The van der Waals surface area contributed by atoms with E-state index in [4.69, 9.17) is 9.47 Å². The highest BCUT2D eigenvalue weighted by atomic mass is 16.7. The summed E-state index contributed by atoms with van der Waals surface area (Å²) in [5.74, 6) is 0.481. The van der Waals surface area contributed by atoms with Crippen LogP contribution < -0.4 is 14.8 Å². The molecule has 7 nitrogen and oxygen atoms in total. The lowest BCUT2D eigenvalue weighted by molar-refractivity contribution is -0.144. The van der Waals surface area contributed by atoms with Gasteiger partial charge in [-0.1, -0.05) is 23.8 Å². The fraction of sp³-hybridized carbons (Fsp3) is 0.333. The van der Waals surface area contributed by atoms with Crippen molar-refractivity contribution in [2.75, 3.05) is 38.3 Å². The Kier molecular flexibility index (Phi) is 5.16. The molecule has 2 aromatic carbocycles. The molecule has 28 heavy (non-hydrogen) atoms. The largest absolute Gasteiger partial charge is 0.454 e. The summed E-state index contributed by atoms with van der Waals surface area (Å²) in [4.78, 5) is 28.5. The molecular formula is C21H23N3O4. The maximum Gasteiger partial charge on any atom is 0.313 e. The highest BCUT2D eigenvalue weighted by Gasteiger charge is 2.26. The van der Waals surface area contributed by atoms with Crippen molar-refractivity contribution in [2.24, 2.45) is 0 Å². The van der Waals surface area contributed by atoms with Crippen molar-refractivity contribution in [3.05, 3.63) is 53.6 Å². The SMILES string of the molecule is Cc1ccc(NC(=O)C(=O)N2CCN(Cc3ccc4c(c3)OCO4)CC2)cc1. The maximum absolute atomic E-state index is 12.4. The third-order valence-electron chi connectivity index (χ3n) is 5.01. The maximum atomic E-state index is 12.4. The van der Waals surface area contributed by atoms with Crippen LogP contribution in [0, 0.1) is 6.92 Å². The lowest BCUT2D eigenvalue weighted by Crippen LogP contribution is -2.51. The number of aryl methyl sites for hydroxylation is 1. The summed E-state index contributed by atoms with van der Waals surface area (Å²) in [5, 5.41) is 2.67. The lowest BCUT2D eigenvalue weighted by atomic mass is 10.1. The van der Waals surface area contributed by atoms with E-state index in [1.165, 1.54) is 0 Å². The number of fused-ring (bicyclic) bond motifs is 1. The van der Waals surface area contributed by atoms with Gasteiger partial charge in [0.2, 0.25) is 6.79 Å². The Hall–Kier alpha value is -3.06. The number of ether oxygens (including phenoxy) is 2. The van der Waals surface area contributed by atoms with Gasteiger partial charge in [-0.25, -0.2) is 0 Å². The van der Waals surface area contributed by atoms with Crippen LogP contribution in [0.5, 0.6) is 11.5 Å². The minimum Gasteiger partial charge on any atom is -0.454 e. The number of nitrogens with zero attached hydrogens (tertiary/aromatic N) is 2. The summed E-state index contributed by atoms with van der Waals surface area (Å²) >= 11 is 0. The number of carbonyl (C=O) groups excluding carboxylic acids is 2. The van der Waals surface area contributed by atoms with Gasteiger partial charge in [0.25, 0.3) is 0 Å². The van der Waals surface area contributed by atoms with Crippen molar-refractivity contribution in [3.8, 4) is 11.5 Å². The Morgan fingerprint density at radius 3 is 2.43 bits per heavy atom. The van der Waals surface area contributed by atoms with E-state index in [0.717, 1.165) is 42.3 Å². The van der Waals surface area contributed by atoms with Crippen LogP contribution in [-0.4, -0.2) is 54.6 Å². The molecule has 1 N–H and O–H groups in total. The zero-order valence-corrected chi connectivity index (χ0v) is 15.8.